The van der Waals surface area contributed by atoms with E-state index in [2.05, 4.69) is 15.2 Å². The van der Waals surface area contributed by atoms with Crippen molar-refractivity contribution in [3.05, 3.63) is 12.0 Å². The second-order valence-electron chi connectivity index (χ2n) is 4.38. The van der Waals surface area contributed by atoms with Gasteiger partial charge in [0.1, 0.15) is 6.26 Å². The van der Waals surface area contributed by atoms with Gasteiger partial charge >= 0.3 is 0 Å². The summed E-state index contributed by atoms with van der Waals surface area (Å²) in [6, 6.07) is 1.44. The van der Waals surface area contributed by atoms with E-state index in [1.165, 1.54) is 12.8 Å². The molecule has 1 saturated carbocycles. The van der Waals surface area contributed by atoms with Crippen LogP contribution in [0.25, 0.3) is 0 Å². The number of anilines is 1. The molecule has 1 aliphatic heterocycles. The fourth-order valence-electron chi connectivity index (χ4n) is 1.81. The summed E-state index contributed by atoms with van der Waals surface area (Å²) in [5, 5.41) is 3.42. The van der Waals surface area contributed by atoms with Crippen molar-refractivity contribution in [2.45, 2.75) is 25.4 Å². The minimum Gasteiger partial charge on any atom is -0.432 e. The number of nitrogens with zero attached hydrogens (tertiary/aromatic N) is 2. The molecule has 1 aliphatic carbocycles. The summed E-state index contributed by atoms with van der Waals surface area (Å²) in [4.78, 5) is 6.60. The van der Waals surface area contributed by atoms with E-state index in [9.17, 15) is 0 Å². The molecule has 1 aromatic rings. The fourth-order valence-corrected chi connectivity index (χ4v) is 1.81. The Kier molecular flexibility index (Phi) is 2.80. The van der Waals surface area contributed by atoms with Gasteiger partial charge in [0.15, 0.2) is 0 Å². The van der Waals surface area contributed by atoms with Crippen molar-refractivity contribution in [3.63, 3.8) is 0 Å². The van der Waals surface area contributed by atoms with Crippen molar-refractivity contribution in [2.24, 2.45) is 0 Å². The van der Waals surface area contributed by atoms with Crippen molar-refractivity contribution in [1.29, 1.82) is 0 Å². The zero-order valence-electron chi connectivity index (χ0n) is 9.32. The molecule has 16 heavy (non-hydrogen) atoms. The molecular weight excluding hydrogens is 206 g/mol. The highest BCUT2D eigenvalue weighted by atomic mass is 16.5. The molecule has 1 aromatic heterocycles. The number of morpholine rings is 1. The summed E-state index contributed by atoms with van der Waals surface area (Å²) in [5.41, 5.74) is 0.994. The maximum Gasteiger partial charge on any atom is 0.297 e. The van der Waals surface area contributed by atoms with E-state index in [0.717, 1.165) is 44.6 Å². The molecule has 0 bridgehead atoms. The Morgan fingerprint density at radius 2 is 2.19 bits per heavy atom. The predicted molar refractivity (Wildman–Crippen MR) is 59.4 cm³/mol. The first-order valence-electron chi connectivity index (χ1n) is 5.92. The molecule has 0 amide bonds. The van der Waals surface area contributed by atoms with Gasteiger partial charge in [0.25, 0.3) is 6.01 Å². The van der Waals surface area contributed by atoms with Crippen LogP contribution in [0.15, 0.2) is 10.7 Å². The van der Waals surface area contributed by atoms with Crippen LogP contribution in [-0.2, 0) is 11.3 Å². The van der Waals surface area contributed by atoms with Crippen LogP contribution in [0.3, 0.4) is 0 Å². The molecule has 0 atom stereocenters. The zero-order valence-corrected chi connectivity index (χ0v) is 9.32. The van der Waals surface area contributed by atoms with E-state index < -0.39 is 0 Å². The van der Waals surface area contributed by atoms with Crippen molar-refractivity contribution >= 4 is 6.01 Å². The lowest BCUT2D eigenvalue weighted by Crippen LogP contribution is -2.36. The van der Waals surface area contributed by atoms with E-state index in [4.69, 9.17) is 9.15 Å². The lowest BCUT2D eigenvalue weighted by atomic mass is 10.4. The Balaban J connectivity index is 1.57. The molecular formula is C11H17N3O2. The average Bonchev–Trinajstić information content (AvgIpc) is 3.05. The summed E-state index contributed by atoms with van der Waals surface area (Å²) in [7, 11) is 0. The third-order valence-electron chi connectivity index (χ3n) is 2.97. The summed E-state index contributed by atoms with van der Waals surface area (Å²) in [5.74, 6) is 0. The highest BCUT2D eigenvalue weighted by Gasteiger charge is 2.21. The molecule has 1 N–H and O–H groups in total. The van der Waals surface area contributed by atoms with Crippen LogP contribution >= 0.6 is 0 Å². The van der Waals surface area contributed by atoms with E-state index in [1.54, 1.807) is 6.26 Å². The molecule has 1 saturated heterocycles. The van der Waals surface area contributed by atoms with Gasteiger partial charge in [-0.15, -0.1) is 0 Å². The Morgan fingerprint density at radius 1 is 1.38 bits per heavy atom. The molecule has 0 aromatic carbocycles. The molecule has 5 heteroatoms. The first kappa shape index (κ1) is 10.1. The molecule has 0 radical (unpaired) electrons. The molecule has 2 aliphatic rings. The third kappa shape index (κ3) is 2.36. The number of hydrogen-bond donors (Lipinski definition) is 1. The first-order valence-corrected chi connectivity index (χ1v) is 5.92. The minimum atomic E-state index is 0.712. The zero-order chi connectivity index (χ0) is 10.8. The Hall–Kier alpha value is -1.07. The smallest absolute Gasteiger partial charge is 0.297 e. The van der Waals surface area contributed by atoms with Crippen LogP contribution in [0.1, 0.15) is 18.5 Å². The quantitative estimate of drug-likeness (QED) is 0.816. The van der Waals surface area contributed by atoms with E-state index in [1.807, 2.05) is 0 Å². The Bertz CT molecular complexity index is 343. The molecule has 2 heterocycles. The van der Waals surface area contributed by atoms with Gasteiger partial charge in [0.2, 0.25) is 0 Å². The molecule has 2 fully saturated rings. The largest absolute Gasteiger partial charge is 0.432 e. The topological polar surface area (TPSA) is 50.5 Å². The molecule has 88 valence electrons. The highest BCUT2D eigenvalue weighted by molar-refractivity contribution is 5.27. The summed E-state index contributed by atoms with van der Waals surface area (Å²) in [6.07, 6.45) is 4.35. The van der Waals surface area contributed by atoms with Crippen molar-refractivity contribution < 1.29 is 9.15 Å². The van der Waals surface area contributed by atoms with E-state index >= 15 is 0 Å². The van der Waals surface area contributed by atoms with Gasteiger partial charge < -0.3 is 19.4 Å². The second kappa shape index (κ2) is 4.43. The Morgan fingerprint density at radius 3 is 2.94 bits per heavy atom. The van der Waals surface area contributed by atoms with Crippen molar-refractivity contribution in [1.82, 2.24) is 10.3 Å². The third-order valence-corrected chi connectivity index (χ3v) is 2.97. The van der Waals surface area contributed by atoms with Crippen LogP contribution < -0.4 is 10.2 Å². The van der Waals surface area contributed by atoms with Gasteiger partial charge in [0.05, 0.1) is 18.9 Å². The monoisotopic (exact) mass is 223 g/mol. The lowest BCUT2D eigenvalue weighted by Gasteiger charge is -2.24. The average molecular weight is 223 g/mol. The fraction of sp³-hybridized carbons (Fsp3) is 0.727. The second-order valence-corrected chi connectivity index (χ2v) is 4.38. The molecule has 0 unspecified atom stereocenters. The number of hydrogen-bond acceptors (Lipinski definition) is 5. The van der Waals surface area contributed by atoms with Crippen LogP contribution in [0.5, 0.6) is 0 Å². The number of oxazole rings is 1. The number of ether oxygens (including phenoxy) is 1. The van der Waals surface area contributed by atoms with Gasteiger partial charge in [-0.1, -0.05) is 0 Å². The minimum absolute atomic E-state index is 0.712. The van der Waals surface area contributed by atoms with Gasteiger partial charge in [-0.2, -0.15) is 4.98 Å². The summed E-state index contributed by atoms with van der Waals surface area (Å²) in [6.45, 7) is 4.08. The summed E-state index contributed by atoms with van der Waals surface area (Å²) < 4.78 is 10.8. The van der Waals surface area contributed by atoms with Gasteiger partial charge in [-0.05, 0) is 12.8 Å². The number of aromatic nitrogens is 1. The SMILES string of the molecule is c1oc(N2CCOCC2)nc1CNC1CC1. The number of nitrogens with one attached hydrogen (secondary N) is 1. The van der Waals surface area contributed by atoms with Crippen LogP contribution in [0.4, 0.5) is 6.01 Å². The van der Waals surface area contributed by atoms with E-state index in [-0.39, 0.29) is 0 Å². The predicted octanol–water partition coefficient (Wildman–Crippen LogP) is 0.763. The Labute approximate surface area is 94.8 Å². The standard InChI is InChI=1S/C11H17N3O2/c1-2-9(1)12-7-10-8-16-11(13-10)14-3-5-15-6-4-14/h8-9,12H,1-7H2. The molecule has 5 nitrogen and oxygen atoms in total. The molecule has 0 spiro atoms. The molecule has 3 rings (SSSR count). The number of rotatable bonds is 4. The maximum atomic E-state index is 5.48. The maximum absolute atomic E-state index is 5.48. The van der Waals surface area contributed by atoms with Crippen LogP contribution in [-0.4, -0.2) is 37.3 Å². The van der Waals surface area contributed by atoms with Crippen molar-refractivity contribution in [2.75, 3.05) is 31.2 Å². The highest BCUT2D eigenvalue weighted by Crippen LogP contribution is 2.20. The van der Waals surface area contributed by atoms with Crippen LogP contribution in [0, 0.1) is 0 Å². The van der Waals surface area contributed by atoms with Gasteiger partial charge in [-0.3, -0.25) is 0 Å². The van der Waals surface area contributed by atoms with Gasteiger partial charge in [-0.25, -0.2) is 0 Å². The summed E-state index contributed by atoms with van der Waals surface area (Å²) >= 11 is 0. The van der Waals surface area contributed by atoms with Gasteiger partial charge in [0, 0.05) is 25.7 Å². The van der Waals surface area contributed by atoms with Crippen LogP contribution in [0.2, 0.25) is 0 Å². The van der Waals surface area contributed by atoms with E-state index in [0.29, 0.717) is 6.04 Å². The lowest BCUT2D eigenvalue weighted by molar-refractivity contribution is 0.120. The van der Waals surface area contributed by atoms with Crippen molar-refractivity contribution in [3.8, 4) is 0 Å². The normalized spacial score (nSPS) is 21.4. The first-order chi connectivity index (χ1) is 7.92.